The molecule has 0 aromatic heterocycles. The van der Waals surface area contributed by atoms with Crippen molar-refractivity contribution >= 4 is 16.0 Å². The van der Waals surface area contributed by atoms with E-state index in [0.717, 1.165) is 37.5 Å². The molecule has 7 nitrogen and oxygen atoms in total. The normalized spacial score (nSPS) is 19.0. The minimum Gasteiger partial charge on any atom is -0.493 e. The monoisotopic (exact) mass is 433 g/mol. The van der Waals surface area contributed by atoms with Crippen molar-refractivity contribution in [1.82, 2.24) is 5.32 Å². The first-order valence-corrected chi connectivity index (χ1v) is 11.6. The van der Waals surface area contributed by atoms with Crippen LogP contribution in [0.15, 0.2) is 42.5 Å². The molecule has 0 aliphatic heterocycles. The van der Waals surface area contributed by atoms with Crippen molar-refractivity contribution in [2.24, 2.45) is 0 Å². The number of amides is 1. The van der Waals surface area contributed by atoms with Gasteiger partial charge in [0.2, 0.25) is 0 Å². The topological polar surface area (TPSA) is 90.9 Å². The van der Waals surface area contributed by atoms with Gasteiger partial charge >= 0.3 is 10.1 Å². The quantitative estimate of drug-likeness (QED) is 0.672. The summed E-state index contributed by atoms with van der Waals surface area (Å²) in [4.78, 5) is 12.9. The van der Waals surface area contributed by atoms with Gasteiger partial charge in [-0.05, 0) is 48.7 Å². The van der Waals surface area contributed by atoms with Crippen molar-refractivity contribution < 1.29 is 26.9 Å². The number of carbonyl (C=O) groups is 1. The zero-order valence-corrected chi connectivity index (χ0v) is 18.2. The van der Waals surface area contributed by atoms with E-state index in [1.165, 1.54) is 12.1 Å². The van der Waals surface area contributed by atoms with E-state index < -0.39 is 10.1 Å². The number of carbonyl (C=O) groups excluding carboxylic acids is 1. The van der Waals surface area contributed by atoms with Crippen molar-refractivity contribution in [1.29, 1.82) is 0 Å². The van der Waals surface area contributed by atoms with Crippen molar-refractivity contribution in [2.45, 2.75) is 37.6 Å². The average molecular weight is 434 g/mol. The minimum absolute atomic E-state index is 0.0381. The fourth-order valence-corrected chi connectivity index (χ4v) is 4.35. The maximum absolute atomic E-state index is 12.9. The molecule has 1 fully saturated rings. The Morgan fingerprint density at radius 2 is 1.73 bits per heavy atom. The lowest BCUT2D eigenvalue weighted by molar-refractivity contribution is 0.0920. The molecule has 0 bridgehead atoms. The highest BCUT2D eigenvalue weighted by molar-refractivity contribution is 7.86. The van der Waals surface area contributed by atoms with Gasteiger partial charge in [0.15, 0.2) is 11.5 Å². The Morgan fingerprint density at radius 1 is 1.00 bits per heavy atom. The third-order valence-corrected chi connectivity index (χ3v) is 5.76. The zero-order chi connectivity index (χ0) is 21.7. The minimum atomic E-state index is -3.66. The van der Waals surface area contributed by atoms with E-state index in [-0.39, 0.29) is 23.6 Å². The summed E-state index contributed by atoms with van der Waals surface area (Å²) in [6.07, 6.45) is 4.91. The van der Waals surface area contributed by atoms with Crippen LogP contribution in [0.5, 0.6) is 17.2 Å². The van der Waals surface area contributed by atoms with Crippen LogP contribution in [0.3, 0.4) is 0 Å². The Labute approximate surface area is 177 Å². The lowest BCUT2D eigenvalue weighted by Gasteiger charge is -2.33. The average Bonchev–Trinajstić information content (AvgIpc) is 2.72. The molecule has 2 unspecified atom stereocenters. The van der Waals surface area contributed by atoms with Gasteiger partial charge in [0.25, 0.3) is 5.91 Å². The molecule has 1 saturated carbocycles. The van der Waals surface area contributed by atoms with E-state index in [0.29, 0.717) is 17.1 Å². The van der Waals surface area contributed by atoms with Crippen LogP contribution in [0.1, 0.15) is 47.5 Å². The van der Waals surface area contributed by atoms with Gasteiger partial charge in [-0.1, -0.05) is 25.0 Å². The lowest BCUT2D eigenvalue weighted by Crippen LogP contribution is -2.41. The molecule has 0 spiro atoms. The van der Waals surface area contributed by atoms with Crippen molar-refractivity contribution in [2.75, 3.05) is 20.5 Å². The summed E-state index contributed by atoms with van der Waals surface area (Å²) < 4.78 is 38.4. The molecule has 0 heterocycles. The zero-order valence-electron chi connectivity index (χ0n) is 17.4. The molecule has 1 amide bonds. The second-order valence-electron chi connectivity index (χ2n) is 7.40. The highest BCUT2D eigenvalue weighted by Gasteiger charge is 2.29. The fraction of sp³-hybridized carbons (Fsp3) is 0.409. The fourth-order valence-electron chi connectivity index (χ4n) is 3.90. The van der Waals surface area contributed by atoms with Crippen molar-refractivity contribution in [3.05, 3.63) is 53.6 Å². The maximum Gasteiger partial charge on any atom is 0.306 e. The SMILES string of the molecule is COc1ccc(C2CCCCC2NC(=O)c2cccc(OS(C)(=O)=O)c2)cc1OC. The molecule has 2 aromatic carbocycles. The first-order chi connectivity index (χ1) is 14.3. The van der Waals surface area contributed by atoms with E-state index in [1.54, 1.807) is 26.4 Å². The van der Waals surface area contributed by atoms with Crippen LogP contribution in [0.4, 0.5) is 0 Å². The molecule has 3 rings (SSSR count). The summed E-state index contributed by atoms with van der Waals surface area (Å²) in [5.74, 6) is 1.34. The Balaban J connectivity index is 1.79. The predicted octanol–water partition coefficient (Wildman–Crippen LogP) is 3.50. The standard InChI is InChI=1S/C22H27NO6S/c1-27-20-12-11-15(14-21(20)28-2)18-9-4-5-10-19(18)23-22(24)16-7-6-8-17(13-16)29-30(3,25)26/h6-8,11-14,18-19H,4-5,9-10H2,1-3H3,(H,23,24). The molecule has 2 aromatic rings. The summed E-state index contributed by atoms with van der Waals surface area (Å²) in [7, 11) is -0.453. The van der Waals surface area contributed by atoms with Crippen molar-refractivity contribution in [3.8, 4) is 17.2 Å². The number of methoxy groups -OCH3 is 2. The molecule has 30 heavy (non-hydrogen) atoms. The van der Waals surface area contributed by atoms with Crippen LogP contribution in [0, 0.1) is 0 Å². The van der Waals surface area contributed by atoms with Gasteiger partial charge in [0.05, 0.1) is 20.5 Å². The Bertz CT molecular complexity index is 1000. The summed E-state index contributed by atoms with van der Waals surface area (Å²) in [6.45, 7) is 0. The Hall–Kier alpha value is -2.74. The summed E-state index contributed by atoms with van der Waals surface area (Å²) in [5.41, 5.74) is 1.44. The van der Waals surface area contributed by atoms with Gasteiger partial charge in [-0.15, -0.1) is 0 Å². The van der Waals surface area contributed by atoms with E-state index in [2.05, 4.69) is 5.32 Å². The number of rotatable bonds is 7. The van der Waals surface area contributed by atoms with E-state index in [9.17, 15) is 13.2 Å². The second kappa shape index (κ2) is 9.38. The van der Waals surface area contributed by atoms with Crippen LogP contribution in [-0.4, -0.2) is 40.8 Å². The molecule has 0 radical (unpaired) electrons. The van der Waals surface area contributed by atoms with Crippen molar-refractivity contribution in [3.63, 3.8) is 0 Å². The highest BCUT2D eigenvalue weighted by Crippen LogP contribution is 2.37. The molecule has 2 atom stereocenters. The smallest absolute Gasteiger partial charge is 0.306 e. The molecule has 8 heteroatoms. The van der Waals surface area contributed by atoms with E-state index in [1.807, 2.05) is 18.2 Å². The first kappa shape index (κ1) is 22.0. The van der Waals surface area contributed by atoms with Gasteiger partial charge in [0, 0.05) is 17.5 Å². The molecule has 1 aliphatic rings. The van der Waals surface area contributed by atoms with Crippen LogP contribution in [-0.2, 0) is 10.1 Å². The Kier molecular flexibility index (Phi) is 6.87. The van der Waals surface area contributed by atoms with E-state index in [4.69, 9.17) is 13.7 Å². The molecular formula is C22H27NO6S. The molecule has 162 valence electrons. The maximum atomic E-state index is 12.9. The van der Waals surface area contributed by atoms with Gasteiger partial charge < -0.3 is 19.0 Å². The number of nitrogens with one attached hydrogen (secondary N) is 1. The highest BCUT2D eigenvalue weighted by atomic mass is 32.2. The second-order valence-corrected chi connectivity index (χ2v) is 8.98. The van der Waals surface area contributed by atoms with E-state index >= 15 is 0 Å². The van der Waals surface area contributed by atoms with Gasteiger partial charge in [-0.2, -0.15) is 8.42 Å². The number of hydrogen-bond acceptors (Lipinski definition) is 6. The Morgan fingerprint density at radius 3 is 2.43 bits per heavy atom. The number of ether oxygens (including phenoxy) is 2. The summed E-state index contributed by atoms with van der Waals surface area (Å²) >= 11 is 0. The molecule has 1 aliphatic carbocycles. The molecular weight excluding hydrogens is 406 g/mol. The lowest BCUT2D eigenvalue weighted by atomic mass is 9.79. The third-order valence-electron chi connectivity index (χ3n) is 5.26. The van der Waals surface area contributed by atoms with Gasteiger partial charge in [0.1, 0.15) is 5.75 Å². The first-order valence-electron chi connectivity index (χ1n) is 9.83. The van der Waals surface area contributed by atoms with Gasteiger partial charge in [-0.25, -0.2) is 0 Å². The van der Waals surface area contributed by atoms with Crippen LogP contribution in [0.2, 0.25) is 0 Å². The third kappa shape index (κ3) is 5.44. The number of hydrogen-bond donors (Lipinski definition) is 1. The summed E-state index contributed by atoms with van der Waals surface area (Å²) in [5, 5.41) is 3.12. The molecule has 0 saturated heterocycles. The van der Waals surface area contributed by atoms with Crippen LogP contribution < -0.4 is 19.0 Å². The summed E-state index contributed by atoms with van der Waals surface area (Å²) in [6, 6.07) is 12.0. The van der Waals surface area contributed by atoms with Crippen LogP contribution >= 0.6 is 0 Å². The largest absolute Gasteiger partial charge is 0.493 e. The predicted molar refractivity (Wildman–Crippen MR) is 114 cm³/mol. The van der Waals surface area contributed by atoms with Crippen LogP contribution in [0.25, 0.3) is 0 Å². The number of benzene rings is 2. The van der Waals surface area contributed by atoms with Gasteiger partial charge in [-0.3, -0.25) is 4.79 Å². The molecule has 1 N–H and O–H groups in total.